The molecule has 0 fully saturated rings. The van der Waals surface area contributed by atoms with Gasteiger partial charge < -0.3 is 4.74 Å². The molecule has 0 atom stereocenters. The lowest BCUT2D eigenvalue weighted by molar-refractivity contribution is 0.335. The van der Waals surface area contributed by atoms with Crippen LogP contribution in [0.25, 0.3) is 10.9 Å². The number of aromatic nitrogens is 2. The van der Waals surface area contributed by atoms with E-state index in [9.17, 15) is 8.78 Å². The Morgan fingerprint density at radius 3 is 2.57 bits per heavy atom. The smallest absolute Gasteiger partial charge is 0.134 e. The minimum atomic E-state index is -0.627. The standard InChI is InChI=1S/C16H14F2N2O/c1-2-21-12-7-14(17)13(15(18)8-12)10-20-16-6-4-3-5-11(16)9-19-20/h3-9H,2,10H2,1H3. The highest BCUT2D eigenvalue weighted by molar-refractivity contribution is 5.78. The van der Waals surface area contributed by atoms with Crippen molar-refractivity contribution in [2.24, 2.45) is 0 Å². The summed E-state index contributed by atoms with van der Waals surface area (Å²) < 4.78 is 34.8. The molecule has 0 N–H and O–H groups in total. The topological polar surface area (TPSA) is 27.1 Å². The number of ether oxygens (including phenoxy) is 1. The van der Waals surface area contributed by atoms with Crippen molar-refractivity contribution in [3.8, 4) is 5.75 Å². The number of hydrogen-bond donors (Lipinski definition) is 0. The quantitative estimate of drug-likeness (QED) is 0.731. The third-order valence-corrected chi connectivity index (χ3v) is 3.28. The second-order valence-corrected chi connectivity index (χ2v) is 4.66. The summed E-state index contributed by atoms with van der Waals surface area (Å²) in [6, 6.07) is 9.94. The molecule has 0 aliphatic rings. The van der Waals surface area contributed by atoms with Gasteiger partial charge in [0.1, 0.15) is 17.4 Å². The predicted molar refractivity (Wildman–Crippen MR) is 76.4 cm³/mol. The lowest BCUT2D eigenvalue weighted by Crippen LogP contribution is -2.07. The average molecular weight is 288 g/mol. The number of rotatable bonds is 4. The predicted octanol–water partition coefficient (Wildman–Crippen LogP) is 3.76. The summed E-state index contributed by atoms with van der Waals surface area (Å²) in [6.07, 6.45) is 1.68. The number of halogens is 2. The molecule has 0 saturated carbocycles. The van der Waals surface area contributed by atoms with Gasteiger partial charge in [0.25, 0.3) is 0 Å². The van der Waals surface area contributed by atoms with E-state index in [1.54, 1.807) is 17.8 Å². The molecule has 3 nitrogen and oxygen atoms in total. The molecule has 0 aliphatic heterocycles. The third-order valence-electron chi connectivity index (χ3n) is 3.28. The SMILES string of the molecule is CCOc1cc(F)c(Cn2ncc3ccccc32)c(F)c1. The van der Waals surface area contributed by atoms with Gasteiger partial charge >= 0.3 is 0 Å². The van der Waals surface area contributed by atoms with Gasteiger partial charge in [-0.25, -0.2) is 8.78 Å². The monoisotopic (exact) mass is 288 g/mol. The van der Waals surface area contributed by atoms with Crippen LogP contribution in [0.15, 0.2) is 42.6 Å². The summed E-state index contributed by atoms with van der Waals surface area (Å²) in [5, 5.41) is 5.12. The van der Waals surface area contributed by atoms with Crippen molar-refractivity contribution in [1.29, 1.82) is 0 Å². The molecule has 1 heterocycles. The van der Waals surface area contributed by atoms with Crippen molar-refractivity contribution in [2.45, 2.75) is 13.5 Å². The van der Waals surface area contributed by atoms with Gasteiger partial charge in [0.15, 0.2) is 0 Å². The molecule has 0 radical (unpaired) electrons. The molecule has 108 valence electrons. The first-order valence-electron chi connectivity index (χ1n) is 6.70. The Balaban J connectivity index is 1.98. The van der Waals surface area contributed by atoms with E-state index in [-0.39, 0.29) is 17.9 Å². The van der Waals surface area contributed by atoms with Crippen LogP contribution in [0.5, 0.6) is 5.75 Å². The van der Waals surface area contributed by atoms with Crippen molar-refractivity contribution >= 4 is 10.9 Å². The van der Waals surface area contributed by atoms with Crippen LogP contribution in [0, 0.1) is 11.6 Å². The highest BCUT2D eigenvalue weighted by atomic mass is 19.1. The molecular weight excluding hydrogens is 274 g/mol. The Morgan fingerprint density at radius 2 is 1.86 bits per heavy atom. The minimum Gasteiger partial charge on any atom is -0.494 e. The van der Waals surface area contributed by atoms with Crippen LogP contribution in [-0.4, -0.2) is 16.4 Å². The maximum atomic E-state index is 14.1. The number of nitrogens with zero attached hydrogens (tertiary/aromatic N) is 2. The van der Waals surface area contributed by atoms with Gasteiger partial charge in [-0.3, -0.25) is 4.68 Å². The summed E-state index contributed by atoms with van der Waals surface area (Å²) in [5.74, 6) is -1.06. The Hall–Kier alpha value is -2.43. The molecule has 0 bridgehead atoms. The van der Waals surface area contributed by atoms with Crippen LogP contribution >= 0.6 is 0 Å². The molecule has 5 heteroatoms. The highest BCUT2D eigenvalue weighted by Crippen LogP contribution is 2.23. The van der Waals surface area contributed by atoms with Crippen LogP contribution in [0.1, 0.15) is 12.5 Å². The first kappa shape index (κ1) is 13.5. The molecule has 2 aromatic carbocycles. The van der Waals surface area contributed by atoms with Gasteiger partial charge in [-0.15, -0.1) is 0 Å². The second kappa shape index (κ2) is 5.52. The van der Waals surface area contributed by atoms with Crippen LogP contribution in [-0.2, 0) is 6.54 Å². The van der Waals surface area contributed by atoms with Gasteiger partial charge in [-0.05, 0) is 13.0 Å². The molecule has 0 aliphatic carbocycles. The zero-order chi connectivity index (χ0) is 14.8. The summed E-state index contributed by atoms with van der Waals surface area (Å²) in [7, 11) is 0. The Labute approximate surface area is 120 Å². The van der Waals surface area contributed by atoms with Gasteiger partial charge in [0.2, 0.25) is 0 Å². The first-order chi connectivity index (χ1) is 10.2. The molecule has 1 aromatic heterocycles. The van der Waals surface area contributed by atoms with Crippen molar-refractivity contribution in [3.63, 3.8) is 0 Å². The largest absolute Gasteiger partial charge is 0.494 e. The number of benzene rings is 2. The van der Waals surface area contributed by atoms with Gasteiger partial charge in [-0.1, -0.05) is 18.2 Å². The first-order valence-corrected chi connectivity index (χ1v) is 6.70. The van der Waals surface area contributed by atoms with E-state index < -0.39 is 11.6 Å². The average Bonchev–Trinajstić information content (AvgIpc) is 2.86. The third kappa shape index (κ3) is 2.59. The summed E-state index contributed by atoms with van der Waals surface area (Å²) in [5.41, 5.74) is 0.817. The van der Waals surface area contributed by atoms with E-state index in [1.165, 1.54) is 12.1 Å². The zero-order valence-corrected chi connectivity index (χ0v) is 11.5. The Kier molecular flexibility index (Phi) is 3.56. The van der Waals surface area contributed by atoms with Crippen molar-refractivity contribution in [1.82, 2.24) is 9.78 Å². The maximum Gasteiger partial charge on any atom is 0.134 e. The maximum absolute atomic E-state index is 14.1. The fourth-order valence-electron chi connectivity index (χ4n) is 2.28. The Bertz CT molecular complexity index is 760. The summed E-state index contributed by atoms with van der Waals surface area (Å²) in [6.45, 7) is 2.17. The number of para-hydroxylation sites is 1. The van der Waals surface area contributed by atoms with E-state index in [0.717, 1.165) is 10.9 Å². The molecule has 0 amide bonds. The van der Waals surface area contributed by atoms with Gasteiger partial charge in [0.05, 0.1) is 24.9 Å². The molecule has 0 saturated heterocycles. The zero-order valence-electron chi connectivity index (χ0n) is 11.5. The van der Waals surface area contributed by atoms with Crippen molar-refractivity contribution in [3.05, 3.63) is 59.8 Å². The molecule has 3 aromatic rings. The normalized spacial score (nSPS) is 11.0. The van der Waals surface area contributed by atoms with Gasteiger partial charge in [0, 0.05) is 23.1 Å². The fraction of sp³-hybridized carbons (Fsp3) is 0.188. The van der Waals surface area contributed by atoms with Crippen LogP contribution < -0.4 is 4.74 Å². The van der Waals surface area contributed by atoms with Crippen LogP contribution in [0.3, 0.4) is 0 Å². The van der Waals surface area contributed by atoms with Crippen molar-refractivity contribution in [2.75, 3.05) is 6.61 Å². The van der Waals surface area contributed by atoms with E-state index >= 15 is 0 Å². The number of hydrogen-bond acceptors (Lipinski definition) is 2. The van der Waals surface area contributed by atoms with E-state index in [4.69, 9.17) is 4.74 Å². The van der Waals surface area contributed by atoms with E-state index in [1.807, 2.05) is 24.3 Å². The van der Waals surface area contributed by atoms with Crippen LogP contribution in [0.4, 0.5) is 8.78 Å². The summed E-state index contributed by atoms with van der Waals surface area (Å²) >= 11 is 0. The fourth-order valence-corrected chi connectivity index (χ4v) is 2.28. The Morgan fingerprint density at radius 1 is 1.14 bits per heavy atom. The summed E-state index contributed by atoms with van der Waals surface area (Å²) in [4.78, 5) is 0. The molecule has 0 spiro atoms. The molecular formula is C16H14F2N2O. The molecule has 0 unspecified atom stereocenters. The van der Waals surface area contributed by atoms with Gasteiger partial charge in [-0.2, -0.15) is 5.10 Å². The van der Waals surface area contributed by atoms with E-state index in [2.05, 4.69) is 5.10 Å². The van der Waals surface area contributed by atoms with Crippen LogP contribution in [0.2, 0.25) is 0 Å². The van der Waals surface area contributed by atoms with E-state index in [0.29, 0.717) is 6.61 Å². The highest BCUT2D eigenvalue weighted by Gasteiger charge is 2.14. The minimum absolute atomic E-state index is 0.0210. The number of fused-ring (bicyclic) bond motifs is 1. The second-order valence-electron chi connectivity index (χ2n) is 4.66. The van der Waals surface area contributed by atoms with Crippen molar-refractivity contribution < 1.29 is 13.5 Å². The lowest BCUT2D eigenvalue weighted by atomic mass is 10.2. The lowest BCUT2D eigenvalue weighted by Gasteiger charge is -2.09. The molecule has 21 heavy (non-hydrogen) atoms. The molecule has 3 rings (SSSR count).